The van der Waals surface area contributed by atoms with E-state index in [1.807, 2.05) is 60.7 Å². The molecule has 0 radical (unpaired) electrons. The van der Waals surface area contributed by atoms with Crippen LogP contribution in [-0.2, 0) is 11.2 Å². The van der Waals surface area contributed by atoms with Crippen LogP contribution >= 0.6 is 0 Å². The second-order valence-electron chi connectivity index (χ2n) is 6.75. The quantitative estimate of drug-likeness (QED) is 0.728. The number of anilines is 1. The maximum absolute atomic E-state index is 12.7. The average molecular weight is 368 g/mol. The highest BCUT2D eigenvalue weighted by atomic mass is 16.2. The van der Waals surface area contributed by atoms with Crippen molar-refractivity contribution < 1.29 is 9.59 Å². The minimum atomic E-state index is -0.247. The van der Waals surface area contributed by atoms with Gasteiger partial charge >= 0.3 is 0 Å². The van der Waals surface area contributed by atoms with Crippen LogP contribution in [0.4, 0.5) is 5.69 Å². The van der Waals surface area contributed by atoms with E-state index in [0.717, 1.165) is 23.2 Å². The predicted octanol–water partition coefficient (Wildman–Crippen LogP) is 4.34. The van der Waals surface area contributed by atoms with Crippen LogP contribution < -0.4 is 5.32 Å². The molecule has 1 aliphatic heterocycles. The fourth-order valence-electron chi connectivity index (χ4n) is 3.45. The fraction of sp³-hybridized carbons (Fsp3) is 0.0833. The van der Waals surface area contributed by atoms with Crippen LogP contribution in [-0.4, -0.2) is 23.3 Å². The van der Waals surface area contributed by atoms with Gasteiger partial charge in [0.2, 0.25) is 5.91 Å². The lowest BCUT2D eigenvalue weighted by molar-refractivity contribution is -0.116. The topological polar surface area (TPSA) is 49.4 Å². The normalized spacial score (nSPS) is 12.8. The maximum atomic E-state index is 12.7. The zero-order chi connectivity index (χ0) is 19.5. The van der Waals surface area contributed by atoms with E-state index in [0.29, 0.717) is 11.3 Å². The molecule has 4 nitrogen and oxygen atoms in total. The van der Waals surface area contributed by atoms with Gasteiger partial charge in [-0.15, -0.1) is 0 Å². The molecule has 0 spiro atoms. The van der Waals surface area contributed by atoms with E-state index in [1.54, 1.807) is 6.07 Å². The molecule has 1 N–H and O–H groups in total. The SMILES string of the molecule is C=C1c2ccccc2C(=O)N1CC(=O)Nc1ccccc1Cc1ccccc1. The molecule has 1 heterocycles. The molecule has 3 aromatic rings. The first-order valence-electron chi connectivity index (χ1n) is 9.15. The van der Waals surface area contributed by atoms with Gasteiger partial charge in [-0.05, 0) is 29.7 Å². The van der Waals surface area contributed by atoms with Gasteiger partial charge in [-0.1, -0.05) is 73.3 Å². The summed E-state index contributed by atoms with van der Waals surface area (Å²) in [5.74, 6) is -0.434. The van der Waals surface area contributed by atoms with E-state index in [9.17, 15) is 9.59 Å². The minimum Gasteiger partial charge on any atom is -0.324 e. The molecule has 0 saturated heterocycles. The molecular formula is C24H20N2O2. The van der Waals surface area contributed by atoms with Crippen molar-refractivity contribution in [2.45, 2.75) is 6.42 Å². The van der Waals surface area contributed by atoms with E-state index in [2.05, 4.69) is 24.0 Å². The van der Waals surface area contributed by atoms with Crippen LogP contribution in [0.1, 0.15) is 27.0 Å². The lowest BCUT2D eigenvalue weighted by Gasteiger charge is -2.18. The molecule has 0 bridgehead atoms. The van der Waals surface area contributed by atoms with Crippen molar-refractivity contribution in [1.29, 1.82) is 0 Å². The van der Waals surface area contributed by atoms with Gasteiger partial charge in [0.15, 0.2) is 0 Å². The highest BCUT2D eigenvalue weighted by Crippen LogP contribution is 2.31. The summed E-state index contributed by atoms with van der Waals surface area (Å²) in [5.41, 5.74) is 4.88. The third-order valence-electron chi connectivity index (χ3n) is 4.87. The number of nitrogens with one attached hydrogen (secondary N) is 1. The van der Waals surface area contributed by atoms with Crippen LogP contribution in [0.25, 0.3) is 5.70 Å². The van der Waals surface area contributed by atoms with Gasteiger partial charge in [-0.3, -0.25) is 14.5 Å². The molecule has 4 heteroatoms. The molecule has 0 atom stereocenters. The second-order valence-corrected chi connectivity index (χ2v) is 6.75. The zero-order valence-electron chi connectivity index (χ0n) is 15.4. The lowest BCUT2D eigenvalue weighted by atomic mass is 10.0. The molecule has 0 aliphatic carbocycles. The molecule has 0 fully saturated rings. The highest BCUT2D eigenvalue weighted by Gasteiger charge is 2.31. The van der Waals surface area contributed by atoms with Crippen LogP contribution in [0.3, 0.4) is 0 Å². The summed E-state index contributed by atoms with van der Waals surface area (Å²) in [4.78, 5) is 26.7. The number of nitrogens with zero attached hydrogens (tertiary/aromatic N) is 1. The van der Waals surface area contributed by atoms with Crippen molar-refractivity contribution in [3.63, 3.8) is 0 Å². The molecule has 0 unspecified atom stereocenters. The van der Waals surface area contributed by atoms with Gasteiger partial charge in [-0.25, -0.2) is 0 Å². The standard InChI is InChI=1S/C24H20N2O2/c1-17-20-12-6-7-13-21(20)24(28)26(17)16-23(27)25-22-14-8-5-11-19(22)15-18-9-3-2-4-10-18/h2-14H,1,15-16H2,(H,25,27). The number of hydrogen-bond acceptors (Lipinski definition) is 2. The van der Waals surface area contributed by atoms with E-state index in [-0.39, 0.29) is 18.4 Å². The average Bonchev–Trinajstić information content (AvgIpc) is 2.95. The largest absolute Gasteiger partial charge is 0.324 e. The van der Waals surface area contributed by atoms with Crippen LogP contribution in [0.15, 0.2) is 85.4 Å². The summed E-state index contributed by atoms with van der Waals surface area (Å²) >= 11 is 0. The number of amides is 2. The van der Waals surface area contributed by atoms with Crippen molar-refractivity contribution in [3.8, 4) is 0 Å². The Labute approximate surface area is 164 Å². The van der Waals surface area contributed by atoms with Gasteiger partial charge in [0.05, 0.1) is 0 Å². The third-order valence-corrected chi connectivity index (χ3v) is 4.87. The Morgan fingerprint density at radius 1 is 0.857 bits per heavy atom. The first-order valence-corrected chi connectivity index (χ1v) is 9.15. The summed E-state index contributed by atoms with van der Waals surface area (Å²) in [6.07, 6.45) is 0.720. The molecule has 3 aromatic carbocycles. The Balaban J connectivity index is 1.48. The number of hydrogen-bond donors (Lipinski definition) is 1. The molecule has 0 saturated carbocycles. The van der Waals surface area contributed by atoms with Crippen LogP contribution in [0, 0.1) is 0 Å². The number of benzene rings is 3. The Morgan fingerprint density at radius 3 is 2.25 bits per heavy atom. The second kappa shape index (κ2) is 7.53. The first kappa shape index (κ1) is 17.7. The molecule has 0 aromatic heterocycles. The van der Waals surface area contributed by atoms with E-state index < -0.39 is 0 Å². The lowest BCUT2D eigenvalue weighted by Crippen LogP contribution is -2.32. The summed E-state index contributed by atoms with van der Waals surface area (Å²) in [6, 6.07) is 25.1. The molecule has 28 heavy (non-hydrogen) atoms. The summed E-state index contributed by atoms with van der Waals surface area (Å²) in [6.45, 7) is 3.92. The van der Waals surface area contributed by atoms with Crippen molar-refractivity contribution in [3.05, 3.63) is 108 Å². The van der Waals surface area contributed by atoms with Gasteiger partial charge in [-0.2, -0.15) is 0 Å². The van der Waals surface area contributed by atoms with Crippen LogP contribution in [0.5, 0.6) is 0 Å². The predicted molar refractivity (Wildman–Crippen MR) is 111 cm³/mol. The first-order chi connectivity index (χ1) is 13.6. The van der Waals surface area contributed by atoms with Crippen LogP contribution in [0.2, 0.25) is 0 Å². The van der Waals surface area contributed by atoms with Gasteiger partial charge in [0, 0.05) is 22.5 Å². The van der Waals surface area contributed by atoms with E-state index in [4.69, 9.17) is 0 Å². The summed E-state index contributed by atoms with van der Waals surface area (Å²) in [5, 5.41) is 2.95. The number of carbonyl (C=O) groups is 2. The Bertz CT molecular complexity index is 1020. The molecular weight excluding hydrogens is 348 g/mol. The van der Waals surface area contributed by atoms with E-state index in [1.165, 1.54) is 10.5 Å². The van der Waals surface area contributed by atoms with Gasteiger partial charge < -0.3 is 5.32 Å². The number of para-hydroxylation sites is 1. The molecule has 138 valence electrons. The molecule has 2 amide bonds. The zero-order valence-corrected chi connectivity index (χ0v) is 15.4. The number of fused-ring (bicyclic) bond motifs is 1. The molecule has 4 rings (SSSR count). The van der Waals surface area contributed by atoms with Gasteiger partial charge in [0.1, 0.15) is 6.54 Å². The summed E-state index contributed by atoms with van der Waals surface area (Å²) in [7, 11) is 0. The Morgan fingerprint density at radius 2 is 1.50 bits per heavy atom. The third kappa shape index (κ3) is 3.45. The fourth-order valence-corrected chi connectivity index (χ4v) is 3.45. The summed E-state index contributed by atoms with van der Waals surface area (Å²) < 4.78 is 0. The van der Waals surface area contributed by atoms with Crippen molar-refractivity contribution >= 4 is 23.2 Å². The van der Waals surface area contributed by atoms with Crippen molar-refractivity contribution in [1.82, 2.24) is 4.90 Å². The van der Waals surface area contributed by atoms with Crippen molar-refractivity contribution in [2.75, 3.05) is 11.9 Å². The number of carbonyl (C=O) groups excluding carboxylic acids is 2. The van der Waals surface area contributed by atoms with Gasteiger partial charge in [0.25, 0.3) is 5.91 Å². The maximum Gasteiger partial charge on any atom is 0.259 e. The number of rotatable bonds is 5. The Hall–Kier alpha value is -3.66. The smallest absolute Gasteiger partial charge is 0.259 e. The monoisotopic (exact) mass is 368 g/mol. The highest BCUT2D eigenvalue weighted by molar-refractivity contribution is 6.11. The van der Waals surface area contributed by atoms with E-state index >= 15 is 0 Å². The van der Waals surface area contributed by atoms with Crippen molar-refractivity contribution in [2.24, 2.45) is 0 Å². The molecule has 1 aliphatic rings. The Kier molecular flexibility index (Phi) is 4.77. The minimum absolute atomic E-state index is 0.0635.